The Bertz CT molecular complexity index is 1240. The molecule has 0 spiro atoms. The Morgan fingerprint density at radius 1 is 1.16 bits per heavy atom. The van der Waals surface area contributed by atoms with Crippen LogP contribution in [0.3, 0.4) is 0 Å². The Morgan fingerprint density at radius 2 is 2.00 bits per heavy atom. The van der Waals surface area contributed by atoms with E-state index in [1.54, 1.807) is 19.1 Å². The SMILES string of the molecule is Cc1nc2cc([C@@H]3CCO[C@H]([C@H]4CCOC4)C3)nc(-c3ccc(Cl)cc3F)n2c(=O)c1C. The lowest BCUT2D eigenvalue weighted by molar-refractivity contribution is -0.0310. The van der Waals surface area contributed by atoms with Crippen LogP contribution in [-0.2, 0) is 9.47 Å². The van der Waals surface area contributed by atoms with Crippen molar-refractivity contribution in [1.82, 2.24) is 14.4 Å². The van der Waals surface area contributed by atoms with Gasteiger partial charge in [-0.3, -0.25) is 4.79 Å². The molecule has 0 saturated carbocycles. The topological polar surface area (TPSA) is 65.7 Å². The highest BCUT2D eigenvalue weighted by molar-refractivity contribution is 6.30. The maximum atomic E-state index is 14.9. The second-order valence-corrected chi connectivity index (χ2v) is 9.14. The second-order valence-electron chi connectivity index (χ2n) is 8.70. The van der Waals surface area contributed by atoms with Crippen LogP contribution in [0.15, 0.2) is 29.1 Å². The zero-order valence-corrected chi connectivity index (χ0v) is 18.9. The molecule has 6 nitrogen and oxygen atoms in total. The highest BCUT2D eigenvalue weighted by Gasteiger charge is 2.33. The van der Waals surface area contributed by atoms with Crippen LogP contribution in [-0.4, -0.2) is 40.3 Å². The van der Waals surface area contributed by atoms with Gasteiger partial charge in [-0.15, -0.1) is 0 Å². The molecule has 8 heteroatoms. The largest absolute Gasteiger partial charge is 0.381 e. The van der Waals surface area contributed by atoms with E-state index in [0.29, 0.717) is 29.4 Å². The van der Waals surface area contributed by atoms with Crippen molar-refractivity contribution < 1.29 is 13.9 Å². The van der Waals surface area contributed by atoms with E-state index in [2.05, 4.69) is 4.98 Å². The van der Waals surface area contributed by atoms with Crippen LogP contribution in [0.5, 0.6) is 0 Å². The number of hydrogen-bond acceptors (Lipinski definition) is 5. The van der Waals surface area contributed by atoms with Gasteiger partial charge in [-0.1, -0.05) is 11.6 Å². The highest BCUT2D eigenvalue weighted by Crippen LogP contribution is 2.36. The first kappa shape index (κ1) is 21.5. The van der Waals surface area contributed by atoms with Crippen LogP contribution in [0.2, 0.25) is 5.02 Å². The number of halogens is 2. The lowest BCUT2D eigenvalue weighted by Crippen LogP contribution is -2.32. The monoisotopic (exact) mass is 457 g/mol. The van der Waals surface area contributed by atoms with Gasteiger partial charge in [0.05, 0.1) is 18.3 Å². The van der Waals surface area contributed by atoms with Crippen LogP contribution in [0.1, 0.15) is 42.1 Å². The molecule has 2 aliphatic heterocycles. The number of hydrogen-bond donors (Lipinski definition) is 0. The van der Waals surface area contributed by atoms with E-state index in [9.17, 15) is 9.18 Å². The summed E-state index contributed by atoms with van der Waals surface area (Å²) >= 11 is 5.97. The number of aryl methyl sites for hydroxylation is 1. The minimum absolute atomic E-state index is 0.111. The van der Waals surface area contributed by atoms with Crippen molar-refractivity contribution in [3.05, 3.63) is 62.4 Å². The highest BCUT2D eigenvalue weighted by atomic mass is 35.5. The number of rotatable bonds is 3. The van der Waals surface area contributed by atoms with Gasteiger partial charge < -0.3 is 9.47 Å². The average molecular weight is 458 g/mol. The molecule has 0 amide bonds. The fourth-order valence-corrected chi connectivity index (χ4v) is 4.86. The first-order chi connectivity index (χ1) is 15.4. The molecule has 3 aromatic rings. The fourth-order valence-electron chi connectivity index (χ4n) is 4.70. The second kappa shape index (κ2) is 8.54. The molecular weight excluding hydrogens is 433 g/mol. The quantitative estimate of drug-likeness (QED) is 0.580. The van der Waals surface area contributed by atoms with Crippen molar-refractivity contribution in [3.63, 3.8) is 0 Å². The Balaban J connectivity index is 1.66. The van der Waals surface area contributed by atoms with Gasteiger partial charge in [-0.2, -0.15) is 0 Å². The first-order valence-electron chi connectivity index (χ1n) is 11.0. The summed E-state index contributed by atoms with van der Waals surface area (Å²) in [6.07, 6.45) is 2.73. The van der Waals surface area contributed by atoms with Gasteiger partial charge in [0.2, 0.25) is 0 Å². The van der Waals surface area contributed by atoms with Crippen molar-refractivity contribution in [3.8, 4) is 11.4 Å². The Morgan fingerprint density at radius 3 is 2.75 bits per heavy atom. The number of aromatic nitrogens is 3. The van der Waals surface area contributed by atoms with Crippen LogP contribution < -0.4 is 5.56 Å². The van der Waals surface area contributed by atoms with Gasteiger partial charge in [0, 0.05) is 53.1 Å². The van der Waals surface area contributed by atoms with Crippen LogP contribution >= 0.6 is 11.6 Å². The zero-order chi connectivity index (χ0) is 22.4. The minimum Gasteiger partial charge on any atom is -0.381 e. The molecule has 2 aromatic heterocycles. The van der Waals surface area contributed by atoms with Gasteiger partial charge >= 0.3 is 0 Å². The lowest BCUT2D eigenvalue weighted by Gasteiger charge is -2.32. The molecule has 4 heterocycles. The van der Waals surface area contributed by atoms with Crippen molar-refractivity contribution in [2.75, 3.05) is 19.8 Å². The number of fused-ring (bicyclic) bond motifs is 1. The van der Waals surface area contributed by atoms with E-state index in [4.69, 9.17) is 26.1 Å². The van der Waals surface area contributed by atoms with Gasteiger partial charge in [0.25, 0.3) is 5.56 Å². The normalized spacial score (nSPS) is 23.7. The summed E-state index contributed by atoms with van der Waals surface area (Å²) in [6.45, 7) is 5.66. The maximum absolute atomic E-state index is 14.9. The van der Waals surface area contributed by atoms with Gasteiger partial charge in [-0.25, -0.2) is 18.8 Å². The van der Waals surface area contributed by atoms with E-state index in [1.807, 2.05) is 13.0 Å². The maximum Gasteiger partial charge on any atom is 0.262 e. The number of benzene rings is 1. The summed E-state index contributed by atoms with van der Waals surface area (Å²) in [5.74, 6) is 0.241. The van der Waals surface area contributed by atoms with Crippen LogP contribution in [0.25, 0.3) is 17.0 Å². The summed E-state index contributed by atoms with van der Waals surface area (Å²) in [6, 6.07) is 6.27. The van der Waals surface area contributed by atoms with Crippen molar-refractivity contribution in [1.29, 1.82) is 0 Å². The van der Waals surface area contributed by atoms with E-state index in [1.165, 1.54) is 10.5 Å². The molecule has 0 aliphatic carbocycles. The summed E-state index contributed by atoms with van der Waals surface area (Å²) in [7, 11) is 0. The van der Waals surface area contributed by atoms with Crippen LogP contribution in [0, 0.1) is 25.6 Å². The molecule has 2 aliphatic rings. The molecular formula is C24H25ClFN3O3. The Kier molecular flexibility index (Phi) is 5.73. The summed E-state index contributed by atoms with van der Waals surface area (Å²) in [5.41, 5.74) is 2.42. The molecule has 2 saturated heterocycles. The van der Waals surface area contributed by atoms with E-state index in [0.717, 1.165) is 38.2 Å². The Labute approximate surface area is 190 Å². The third-order valence-corrected chi connectivity index (χ3v) is 6.93. The van der Waals surface area contributed by atoms with Crippen molar-refractivity contribution >= 4 is 17.2 Å². The molecule has 5 rings (SSSR count). The minimum atomic E-state index is -0.526. The standard InChI is InChI=1S/C24H25ClFN3O3/c1-13-14(2)27-22-11-20(15-6-8-32-21(9-15)16-5-7-31-12-16)28-23(29(22)24(13)30)18-4-3-17(25)10-19(18)26/h3-4,10-11,15-16,21H,5-9,12H2,1-2H3/t15-,16+,21+/m1/s1. The zero-order valence-electron chi connectivity index (χ0n) is 18.1. The predicted molar refractivity (Wildman–Crippen MR) is 120 cm³/mol. The summed E-state index contributed by atoms with van der Waals surface area (Å²) in [4.78, 5) is 22.6. The number of nitrogens with zero attached hydrogens (tertiary/aromatic N) is 3. The van der Waals surface area contributed by atoms with E-state index >= 15 is 0 Å². The summed E-state index contributed by atoms with van der Waals surface area (Å²) < 4.78 is 27.9. The molecule has 0 radical (unpaired) electrons. The van der Waals surface area contributed by atoms with E-state index in [-0.39, 0.29) is 34.0 Å². The molecule has 168 valence electrons. The van der Waals surface area contributed by atoms with Crippen molar-refractivity contribution in [2.45, 2.75) is 45.1 Å². The lowest BCUT2D eigenvalue weighted by atomic mass is 9.86. The first-order valence-corrected chi connectivity index (χ1v) is 11.4. The molecule has 0 bridgehead atoms. The Hall–Kier alpha value is -2.35. The third-order valence-electron chi connectivity index (χ3n) is 6.70. The van der Waals surface area contributed by atoms with Gasteiger partial charge in [-0.05, 0) is 51.3 Å². The molecule has 0 N–H and O–H groups in total. The predicted octanol–water partition coefficient (Wildman–Crippen LogP) is 4.46. The molecule has 2 fully saturated rings. The summed E-state index contributed by atoms with van der Waals surface area (Å²) in [5, 5.41) is 0.287. The molecule has 32 heavy (non-hydrogen) atoms. The fraction of sp³-hybridized carbons (Fsp3) is 0.458. The third kappa shape index (κ3) is 3.83. The van der Waals surface area contributed by atoms with Crippen LogP contribution in [0.4, 0.5) is 4.39 Å². The van der Waals surface area contributed by atoms with Crippen molar-refractivity contribution in [2.24, 2.45) is 5.92 Å². The average Bonchev–Trinajstić information content (AvgIpc) is 3.32. The van der Waals surface area contributed by atoms with E-state index < -0.39 is 5.82 Å². The number of ether oxygens (including phenoxy) is 2. The molecule has 1 aromatic carbocycles. The molecule has 3 atom stereocenters. The smallest absolute Gasteiger partial charge is 0.262 e. The molecule has 0 unspecified atom stereocenters. The van der Waals surface area contributed by atoms with Gasteiger partial charge in [0.15, 0.2) is 5.82 Å². The van der Waals surface area contributed by atoms with Gasteiger partial charge in [0.1, 0.15) is 11.5 Å².